The van der Waals surface area contributed by atoms with E-state index in [4.69, 9.17) is 4.74 Å². The highest BCUT2D eigenvalue weighted by molar-refractivity contribution is 5.21. The van der Waals surface area contributed by atoms with E-state index in [9.17, 15) is 5.11 Å². The maximum atomic E-state index is 10.4. The molecule has 1 saturated heterocycles. The summed E-state index contributed by atoms with van der Waals surface area (Å²) in [6, 6.07) is 3.97. The van der Waals surface area contributed by atoms with Crippen molar-refractivity contribution in [2.24, 2.45) is 0 Å². The zero-order chi connectivity index (χ0) is 10.7. The van der Waals surface area contributed by atoms with Gasteiger partial charge in [0.05, 0.1) is 5.60 Å². The minimum absolute atomic E-state index is 0.631. The highest BCUT2D eigenvalue weighted by atomic mass is 16.5. The summed E-state index contributed by atoms with van der Waals surface area (Å²) < 4.78 is 5.25. The monoisotopic (exact) mass is 207 g/mol. The van der Waals surface area contributed by atoms with Crippen LogP contribution in [0.4, 0.5) is 0 Å². The topological polar surface area (TPSA) is 42.4 Å². The number of aromatic nitrogens is 1. The van der Waals surface area contributed by atoms with Crippen molar-refractivity contribution in [2.75, 3.05) is 13.2 Å². The fourth-order valence-electron chi connectivity index (χ4n) is 1.91. The van der Waals surface area contributed by atoms with Crippen molar-refractivity contribution in [3.05, 3.63) is 29.6 Å². The van der Waals surface area contributed by atoms with Crippen LogP contribution in [0.15, 0.2) is 18.3 Å². The third-order valence-electron chi connectivity index (χ3n) is 3.04. The van der Waals surface area contributed by atoms with E-state index in [2.05, 4.69) is 11.9 Å². The molecule has 0 spiro atoms. The molecule has 0 aliphatic carbocycles. The molecule has 2 rings (SSSR count). The molecule has 1 aliphatic rings. The number of aliphatic hydroxyl groups is 1. The fraction of sp³-hybridized carbons (Fsp3) is 0.583. The van der Waals surface area contributed by atoms with Crippen LogP contribution in [0.5, 0.6) is 0 Å². The van der Waals surface area contributed by atoms with E-state index in [0.29, 0.717) is 26.1 Å². The van der Waals surface area contributed by atoms with Crippen LogP contribution in [0.25, 0.3) is 0 Å². The number of rotatable bonds is 2. The van der Waals surface area contributed by atoms with Gasteiger partial charge in [0.2, 0.25) is 0 Å². The van der Waals surface area contributed by atoms with E-state index in [0.717, 1.165) is 17.7 Å². The summed E-state index contributed by atoms with van der Waals surface area (Å²) in [5.74, 6) is 0. The number of hydrogen-bond donors (Lipinski definition) is 1. The Balaban J connectivity index is 2.20. The molecule has 1 N–H and O–H groups in total. The molecule has 3 nitrogen and oxygen atoms in total. The molecule has 0 unspecified atom stereocenters. The lowest BCUT2D eigenvalue weighted by atomic mass is 9.87. The quantitative estimate of drug-likeness (QED) is 0.801. The second-order valence-electron chi connectivity index (χ2n) is 4.04. The van der Waals surface area contributed by atoms with Gasteiger partial charge in [-0.1, -0.05) is 13.0 Å². The highest BCUT2D eigenvalue weighted by Crippen LogP contribution is 2.31. The predicted octanol–water partition coefficient (Wildman–Crippen LogP) is 1.64. The van der Waals surface area contributed by atoms with Gasteiger partial charge in [0.15, 0.2) is 0 Å². The molecular formula is C12H17NO2. The van der Waals surface area contributed by atoms with Crippen LogP contribution in [-0.2, 0) is 16.8 Å². The standard InChI is InChI=1S/C12H17NO2/c1-2-11-4-3-10(9-13-11)12(14)5-7-15-8-6-12/h3-4,9,14H,2,5-8H2,1H3. The molecule has 1 aromatic rings. The minimum Gasteiger partial charge on any atom is -0.385 e. The zero-order valence-corrected chi connectivity index (χ0v) is 9.07. The highest BCUT2D eigenvalue weighted by Gasteiger charge is 2.31. The summed E-state index contributed by atoms with van der Waals surface area (Å²) in [5, 5.41) is 10.4. The first-order valence-electron chi connectivity index (χ1n) is 5.50. The lowest BCUT2D eigenvalue weighted by Gasteiger charge is -2.32. The molecule has 0 bridgehead atoms. The fourth-order valence-corrected chi connectivity index (χ4v) is 1.91. The Morgan fingerprint density at radius 2 is 2.13 bits per heavy atom. The molecule has 2 heterocycles. The molecular weight excluding hydrogens is 190 g/mol. The lowest BCUT2D eigenvalue weighted by molar-refractivity contribution is -0.0681. The van der Waals surface area contributed by atoms with E-state index >= 15 is 0 Å². The van der Waals surface area contributed by atoms with Gasteiger partial charge in [-0.05, 0) is 12.5 Å². The van der Waals surface area contributed by atoms with Gasteiger partial charge in [-0.2, -0.15) is 0 Å². The number of ether oxygens (including phenoxy) is 1. The van der Waals surface area contributed by atoms with E-state index in [1.807, 2.05) is 12.1 Å². The second kappa shape index (κ2) is 4.29. The minimum atomic E-state index is -0.725. The van der Waals surface area contributed by atoms with E-state index in [1.165, 1.54) is 0 Å². The first-order chi connectivity index (χ1) is 7.24. The van der Waals surface area contributed by atoms with Crippen molar-refractivity contribution >= 4 is 0 Å². The third-order valence-corrected chi connectivity index (χ3v) is 3.04. The van der Waals surface area contributed by atoms with Crippen molar-refractivity contribution in [3.8, 4) is 0 Å². The molecule has 0 atom stereocenters. The maximum Gasteiger partial charge on any atom is 0.0955 e. The smallest absolute Gasteiger partial charge is 0.0955 e. The summed E-state index contributed by atoms with van der Waals surface area (Å²) >= 11 is 0. The van der Waals surface area contributed by atoms with Crippen LogP contribution in [0.1, 0.15) is 31.0 Å². The Kier molecular flexibility index (Phi) is 3.03. The first kappa shape index (κ1) is 10.6. The zero-order valence-electron chi connectivity index (χ0n) is 9.07. The number of pyridine rings is 1. The van der Waals surface area contributed by atoms with Gasteiger partial charge >= 0.3 is 0 Å². The normalized spacial score (nSPS) is 20.1. The molecule has 15 heavy (non-hydrogen) atoms. The lowest BCUT2D eigenvalue weighted by Crippen LogP contribution is -2.33. The second-order valence-corrected chi connectivity index (χ2v) is 4.04. The maximum absolute atomic E-state index is 10.4. The van der Waals surface area contributed by atoms with Gasteiger partial charge in [0, 0.05) is 43.5 Å². The Morgan fingerprint density at radius 1 is 1.40 bits per heavy atom. The van der Waals surface area contributed by atoms with E-state index < -0.39 is 5.60 Å². The van der Waals surface area contributed by atoms with Gasteiger partial charge in [0.1, 0.15) is 0 Å². The molecule has 1 aromatic heterocycles. The summed E-state index contributed by atoms with van der Waals surface area (Å²) in [6.07, 6.45) is 4.06. The Hall–Kier alpha value is -0.930. The van der Waals surface area contributed by atoms with Gasteiger partial charge in [-0.3, -0.25) is 4.98 Å². The summed E-state index contributed by atoms with van der Waals surface area (Å²) in [5.41, 5.74) is 1.26. The van der Waals surface area contributed by atoms with Crippen LogP contribution in [0, 0.1) is 0 Å². The van der Waals surface area contributed by atoms with Crippen molar-refractivity contribution in [3.63, 3.8) is 0 Å². The van der Waals surface area contributed by atoms with E-state index in [-0.39, 0.29) is 0 Å². The molecule has 3 heteroatoms. The summed E-state index contributed by atoms with van der Waals surface area (Å²) in [7, 11) is 0. The summed E-state index contributed by atoms with van der Waals surface area (Å²) in [4.78, 5) is 4.32. The van der Waals surface area contributed by atoms with Crippen molar-refractivity contribution in [1.29, 1.82) is 0 Å². The molecule has 0 radical (unpaired) electrons. The average Bonchev–Trinajstić information content (AvgIpc) is 2.30. The van der Waals surface area contributed by atoms with Crippen LogP contribution in [0.2, 0.25) is 0 Å². The average molecular weight is 207 g/mol. The molecule has 0 aromatic carbocycles. The SMILES string of the molecule is CCc1ccc(C2(O)CCOCC2)cn1. The molecule has 1 aliphatic heterocycles. The third kappa shape index (κ3) is 2.19. The Labute approximate surface area is 90.1 Å². The van der Waals surface area contributed by atoms with Gasteiger partial charge < -0.3 is 9.84 Å². The van der Waals surface area contributed by atoms with Crippen molar-refractivity contribution in [2.45, 2.75) is 31.8 Å². The first-order valence-corrected chi connectivity index (χ1v) is 5.50. The van der Waals surface area contributed by atoms with Gasteiger partial charge in [-0.25, -0.2) is 0 Å². The molecule has 1 fully saturated rings. The largest absolute Gasteiger partial charge is 0.385 e. The van der Waals surface area contributed by atoms with Crippen molar-refractivity contribution in [1.82, 2.24) is 4.98 Å². The molecule has 0 saturated carbocycles. The van der Waals surface area contributed by atoms with Gasteiger partial charge in [-0.15, -0.1) is 0 Å². The number of nitrogens with zero attached hydrogens (tertiary/aromatic N) is 1. The van der Waals surface area contributed by atoms with Crippen LogP contribution in [-0.4, -0.2) is 23.3 Å². The Morgan fingerprint density at radius 3 is 2.67 bits per heavy atom. The molecule has 0 amide bonds. The Bertz CT molecular complexity index is 315. The number of hydrogen-bond acceptors (Lipinski definition) is 3. The van der Waals surface area contributed by atoms with Crippen LogP contribution >= 0.6 is 0 Å². The van der Waals surface area contributed by atoms with Crippen molar-refractivity contribution < 1.29 is 9.84 Å². The predicted molar refractivity (Wildman–Crippen MR) is 57.6 cm³/mol. The van der Waals surface area contributed by atoms with Crippen LogP contribution < -0.4 is 0 Å². The van der Waals surface area contributed by atoms with Crippen LogP contribution in [0.3, 0.4) is 0 Å². The number of aryl methyl sites for hydroxylation is 1. The van der Waals surface area contributed by atoms with Gasteiger partial charge in [0.25, 0.3) is 0 Å². The molecule has 82 valence electrons. The summed E-state index contributed by atoms with van der Waals surface area (Å²) in [6.45, 7) is 3.34. The van der Waals surface area contributed by atoms with E-state index in [1.54, 1.807) is 6.20 Å².